The van der Waals surface area contributed by atoms with E-state index in [-0.39, 0.29) is 5.82 Å². The molecule has 2 heterocycles. The van der Waals surface area contributed by atoms with Crippen LogP contribution in [0.1, 0.15) is 18.4 Å². The first-order valence-corrected chi connectivity index (χ1v) is 7.02. The van der Waals surface area contributed by atoms with Crippen molar-refractivity contribution in [2.75, 3.05) is 18.4 Å². The zero-order valence-corrected chi connectivity index (χ0v) is 11.5. The molecule has 5 heteroatoms. The van der Waals surface area contributed by atoms with Crippen LogP contribution in [0.5, 0.6) is 0 Å². The molecule has 0 unspecified atom stereocenters. The zero-order chi connectivity index (χ0) is 13.9. The van der Waals surface area contributed by atoms with Gasteiger partial charge in [-0.25, -0.2) is 4.39 Å². The quantitative estimate of drug-likeness (QED) is 0.806. The number of piperidine rings is 1. The summed E-state index contributed by atoms with van der Waals surface area (Å²) in [5, 5.41) is 14.2. The summed E-state index contributed by atoms with van der Waals surface area (Å²) in [5.41, 5.74) is 2.74. The minimum Gasteiger partial charge on any atom is -0.366 e. The van der Waals surface area contributed by atoms with Crippen LogP contribution in [0.15, 0.2) is 24.3 Å². The molecule has 0 aliphatic carbocycles. The number of hydrogen-bond acceptors (Lipinski definition) is 3. The lowest BCUT2D eigenvalue weighted by Crippen LogP contribution is -2.35. The first kappa shape index (κ1) is 13.1. The van der Waals surface area contributed by atoms with Gasteiger partial charge in [0.05, 0.1) is 5.69 Å². The Bertz CT molecular complexity index is 587. The average molecular weight is 274 g/mol. The molecule has 0 bridgehead atoms. The van der Waals surface area contributed by atoms with Gasteiger partial charge in [0, 0.05) is 17.2 Å². The van der Waals surface area contributed by atoms with Gasteiger partial charge in [-0.3, -0.25) is 5.10 Å². The highest BCUT2D eigenvalue weighted by Gasteiger charge is 2.17. The molecular formula is C15H19FN4. The summed E-state index contributed by atoms with van der Waals surface area (Å²) in [5.74, 6) is 0.639. The second-order valence-corrected chi connectivity index (χ2v) is 5.25. The SMILES string of the molecule is Cc1c(NC2CCNCC2)n[nH]c1-c1cccc(F)c1. The number of aromatic nitrogens is 2. The molecule has 0 spiro atoms. The largest absolute Gasteiger partial charge is 0.366 e. The number of benzene rings is 1. The van der Waals surface area contributed by atoms with Crippen molar-refractivity contribution in [3.05, 3.63) is 35.6 Å². The maximum atomic E-state index is 13.3. The molecule has 3 rings (SSSR count). The third kappa shape index (κ3) is 2.67. The van der Waals surface area contributed by atoms with Crippen LogP contribution in [-0.2, 0) is 0 Å². The van der Waals surface area contributed by atoms with E-state index in [0.717, 1.165) is 48.6 Å². The molecule has 0 amide bonds. The van der Waals surface area contributed by atoms with Crippen molar-refractivity contribution in [1.29, 1.82) is 0 Å². The molecule has 1 aliphatic rings. The predicted octanol–water partition coefficient (Wildman–Crippen LogP) is 2.69. The molecule has 1 saturated heterocycles. The van der Waals surface area contributed by atoms with Gasteiger partial charge in [-0.2, -0.15) is 5.10 Å². The summed E-state index contributed by atoms with van der Waals surface area (Å²) in [6, 6.07) is 7.03. The normalized spacial score (nSPS) is 16.3. The fourth-order valence-electron chi connectivity index (χ4n) is 2.62. The highest BCUT2D eigenvalue weighted by atomic mass is 19.1. The summed E-state index contributed by atoms with van der Waals surface area (Å²) in [6.45, 7) is 4.09. The van der Waals surface area contributed by atoms with Gasteiger partial charge < -0.3 is 10.6 Å². The second-order valence-electron chi connectivity index (χ2n) is 5.25. The first-order chi connectivity index (χ1) is 9.74. The second kappa shape index (κ2) is 5.63. The number of halogens is 1. The number of H-pyrrole nitrogens is 1. The lowest BCUT2D eigenvalue weighted by Gasteiger charge is -2.23. The lowest BCUT2D eigenvalue weighted by molar-refractivity contribution is 0.478. The van der Waals surface area contributed by atoms with Crippen LogP contribution < -0.4 is 10.6 Å². The maximum absolute atomic E-state index is 13.3. The number of rotatable bonds is 3. The van der Waals surface area contributed by atoms with Crippen LogP contribution in [-0.4, -0.2) is 29.3 Å². The molecule has 0 radical (unpaired) electrons. The fraction of sp³-hybridized carbons (Fsp3) is 0.400. The van der Waals surface area contributed by atoms with Crippen molar-refractivity contribution in [1.82, 2.24) is 15.5 Å². The Morgan fingerprint density at radius 2 is 2.10 bits per heavy atom. The van der Waals surface area contributed by atoms with E-state index in [1.54, 1.807) is 6.07 Å². The molecule has 20 heavy (non-hydrogen) atoms. The highest BCUT2D eigenvalue weighted by Crippen LogP contribution is 2.27. The Morgan fingerprint density at radius 3 is 2.85 bits per heavy atom. The van der Waals surface area contributed by atoms with E-state index in [9.17, 15) is 4.39 Å². The average Bonchev–Trinajstić information content (AvgIpc) is 2.81. The first-order valence-electron chi connectivity index (χ1n) is 7.02. The molecule has 1 aromatic carbocycles. The third-order valence-corrected chi connectivity index (χ3v) is 3.80. The molecule has 2 aromatic rings. The zero-order valence-electron chi connectivity index (χ0n) is 11.5. The van der Waals surface area contributed by atoms with E-state index < -0.39 is 0 Å². The van der Waals surface area contributed by atoms with Crippen LogP contribution in [0.25, 0.3) is 11.3 Å². The topological polar surface area (TPSA) is 52.7 Å². The Balaban J connectivity index is 1.81. The van der Waals surface area contributed by atoms with E-state index in [2.05, 4.69) is 20.8 Å². The van der Waals surface area contributed by atoms with E-state index in [1.807, 2.05) is 13.0 Å². The molecule has 0 saturated carbocycles. The molecule has 3 N–H and O–H groups in total. The van der Waals surface area contributed by atoms with Gasteiger partial charge in [-0.05, 0) is 45.0 Å². The lowest BCUT2D eigenvalue weighted by atomic mass is 10.1. The van der Waals surface area contributed by atoms with Crippen LogP contribution in [0.4, 0.5) is 10.2 Å². The van der Waals surface area contributed by atoms with Gasteiger partial charge in [0.2, 0.25) is 0 Å². The standard InChI is InChI=1S/C15H19FN4/c1-10-14(11-3-2-4-12(16)9-11)19-20-15(10)18-13-5-7-17-8-6-13/h2-4,9,13,17H,5-8H2,1H3,(H2,18,19,20). The van der Waals surface area contributed by atoms with Crippen LogP contribution >= 0.6 is 0 Å². The number of hydrogen-bond donors (Lipinski definition) is 3. The predicted molar refractivity (Wildman–Crippen MR) is 78.2 cm³/mol. The summed E-state index contributed by atoms with van der Waals surface area (Å²) in [6.07, 6.45) is 2.20. The van der Waals surface area contributed by atoms with Crippen molar-refractivity contribution in [3.63, 3.8) is 0 Å². The fourth-order valence-corrected chi connectivity index (χ4v) is 2.62. The van der Waals surface area contributed by atoms with Crippen LogP contribution in [0.3, 0.4) is 0 Å². The van der Waals surface area contributed by atoms with Crippen molar-refractivity contribution < 1.29 is 4.39 Å². The minimum absolute atomic E-state index is 0.232. The monoisotopic (exact) mass is 274 g/mol. The summed E-state index contributed by atoms with van der Waals surface area (Å²) < 4.78 is 13.3. The number of anilines is 1. The molecular weight excluding hydrogens is 255 g/mol. The maximum Gasteiger partial charge on any atom is 0.151 e. The van der Waals surface area contributed by atoms with Crippen LogP contribution in [0.2, 0.25) is 0 Å². The van der Waals surface area contributed by atoms with E-state index in [0.29, 0.717) is 6.04 Å². The Morgan fingerprint density at radius 1 is 1.30 bits per heavy atom. The van der Waals surface area contributed by atoms with Gasteiger partial charge >= 0.3 is 0 Å². The minimum atomic E-state index is -0.232. The van der Waals surface area contributed by atoms with Gasteiger partial charge in [-0.15, -0.1) is 0 Å². The van der Waals surface area contributed by atoms with Crippen molar-refractivity contribution >= 4 is 5.82 Å². The summed E-state index contributed by atoms with van der Waals surface area (Å²) >= 11 is 0. The van der Waals surface area contributed by atoms with Gasteiger partial charge in [0.25, 0.3) is 0 Å². The van der Waals surface area contributed by atoms with E-state index in [1.165, 1.54) is 12.1 Å². The molecule has 4 nitrogen and oxygen atoms in total. The molecule has 1 aromatic heterocycles. The number of aromatic amines is 1. The Labute approximate surface area is 117 Å². The summed E-state index contributed by atoms with van der Waals surface area (Å²) in [7, 11) is 0. The Hall–Kier alpha value is -1.88. The molecule has 1 fully saturated rings. The Kier molecular flexibility index (Phi) is 3.69. The highest BCUT2D eigenvalue weighted by molar-refractivity contribution is 5.68. The number of nitrogens with one attached hydrogen (secondary N) is 3. The van der Waals surface area contributed by atoms with Crippen molar-refractivity contribution in [2.45, 2.75) is 25.8 Å². The molecule has 0 atom stereocenters. The van der Waals surface area contributed by atoms with E-state index in [4.69, 9.17) is 0 Å². The van der Waals surface area contributed by atoms with Crippen LogP contribution in [0, 0.1) is 12.7 Å². The summed E-state index contributed by atoms with van der Waals surface area (Å²) in [4.78, 5) is 0. The van der Waals surface area contributed by atoms with Crippen molar-refractivity contribution in [3.8, 4) is 11.3 Å². The molecule has 1 aliphatic heterocycles. The van der Waals surface area contributed by atoms with Gasteiger partial charge in [0.15, 0.2) is 5.82 Å². The molecule has 106 valence electrons. The van der Waals surface area contributed by atoms with Crippen molar-refractivity contribution in [2.24, 2.45) is 0 Å². The smallest absolute Gasteiger partial charge is 0.151 e. The van der Waals surface area contributed by atoms with E-state index >= 15 is 0 Å². The van der Waals surface area contributed by atoms with Gasteiger partial charge in [0.1, 0.15) is 5.82 Å². The number of nitrogens with zero attached hydrogens (tertiary/aromatic N) is 1. The van der Waals surface area contributed by atoms with Gasteiger partial charge in [-0.1, -0.05) is 12.1 Å². The third-order valence-electron chi connectivity index (χ3n) is 3.80.